The number of carbonyl (C=O) groups excluding carboxylic acids is 1. The summed E-state index contributed by atoms with van der Waals surface area (Å²) in [5.41, 5.74) is 7.45. The molecule has 3 heteroatoms. The number of hydrazine groups is 1. The Morgan fingerprint density at radius 3 is 2.11 bits per heavy atom. The molecule has 92 valence electrons. The predicted molar refractivity (Wildman–Crippen MR) is 73.0 cm³/mol. The third kappa shape index (κ3) is 2.41. The number of amides is 1. The van der Waals surface area contributed by atoms with Gasteiger partial charge in [0.2, 0.25) is 0 Å². The van der Waals surface area contributed by atoms with Gasteiger partial charge in [0.05, 0.1) is 0 Å². The van der Waals surface area contributed by atoms with Gasteiger partial charge in [-0.25, -0.2) is 5.84 Å². The van der Waals surface area contributed by atoms with Crippen molar-refractivity contribution in [3.8, 4) is 11.1 Å². The van der Waals surface area contributed by atoms with Gasteiger partial charge in [-0.05, 0) is 48.2 Å². The van der Waals surface area contributed by atoms with Gasteiger partial charge in [-0.1, -0.05) is 30.3 Å². The molecule has 0 aromatic heterocycles. The second kappa shape index (κ2) is 5.02. The van der Waals surface area contributed by atoms with Crippen LogP contribution in [0.2, 0.25) is 0 Å². The van der Waals surface area contributed by atoms with Gasteiger partial charge in [0, 0.05) is 5.56 Å². The Bertz CT molecular complexity index is 574. The van der Waals surface area contributed by atoms with Crippen LogP contribution in [0, 0.1) is 13.8 Å². The first-order chi connectivity index (χ1) is 8.61. The van der Waals surface area contributed by atoms with E-state index in [1.807, 2.05) is 12.1 Å². The van der Waals surface area contributed by atoms with Crippen LogP contribution in [0.3, 0.4) is 0 Å². The molecule has 18 heavy (non-hydrogen) atoms. The van der Waals surface area contributed by atoms with E-state index in [2.05, 4.69) is 37.5 Å². The molecule has 0 atom stereocenters. The zero-order chi connectivity index (χ0) is 13.1. The van der Waals surface area contributed by atoms with Crippen molar-refractivity contribution in [2.24, 2.45) is 5.84 Å². The zero-order valence-electron chi connectivity index (χ0n) is 10.5. The van der Waals surface area contributed by atoms with Crippen molar-refractivity contribution in [1.29, 1.82) is 0 Å². The number of benzene rings is 2. The van der Waals surface area contributed by atoms with Crippen molar-refractivity contribution in [3.05, 3.63) is 59.2 Å². The third-order valence-electron chi connectivity index (χ3n) is 3.12. The van der Waals surface area contributed by atoms with Crippen LogP contribution in [0.4, 0.5) is 0 Å². The fourth-order valence-electron chi connectivity index (χ4n) is 1.82. The Kier molecular flexibility index (Phi) is 3.44. The smallest absolute Gasteiger partial charge is 0.265 e. The Balaban J connectivity index is 2.34. The number of aryl methyl sites for hydroxylation is 2. The van der Waals surface area contributed by atoms with E-state index >= 15 is 0 Å². The average molecular weight is 240 g/mol. The lowest BCUT2D eigenvalue weighted by Gasteiger charge is -2.06. The average Bonchev–Trinajstić information content (AvgIpc) is 2.41. The van der Waals surface area contributed by atoms with Crippen LogP contribution in [-0.4, -0.2) is 5.91 Å². The highest BCUT2D eigenvalue weighted by Crippen LogP contribution is 2.22. The highest BCUT2D eigenvalue weighted by atomic mass is 16.2. The van der Waals surface area contributed by atoms with E-state index in [9.17, 15) is 4.79 Å². The number of hydrogen-bond donors (Lipinski definition) is 2. The van der Waals surface area contributed by atoms with E-state index in [-0.39, 0.29) is 5.91 Å². The standard InChI is InChI=1S/C15H16N2O/c1-10-3-4-14(9-11(10)2)12-5-7-13(8-6-12)15(18)17-16/h3-9H,16H2,1-2H3,(H,17,18). The molecule has 2 rings (SSSR count). The van der Waals surface area contributed by atoms with Crippen molar-refractivity contribution in [1.82, 2.24) is 5.43 Å². The van der Waals surface area contributed by atoms with Crippen molar-refractivity contribution < 1.29 is 4.79 Å². The minimum atomic E-state index is -0.276. The molecule has 0 unspecified atom stereocenters. The molecule has 2 aromatic carbocycles. The summed E-state index contributed by atoms with van der Waals surface area (Å²) < 4.78 is 0. The minimum Gasteiger partial charge on any atom is -0.290 e. The normalized spacial score (nSPS) is 10.2. The molecule has 2 aromatic rings. The molecule has 3 N–H and O–H groups in total. The second-order valence-corrected chi connectivity index (χ2v) is 4.35. The monoisotopic (exact) mass is 240 g/mol. The first kappa shape index (κ1) is 12.3. The summed E-state index contributed by atoms with van der Waals surface area (Å²) in [7, 11) is 0. The lowest BCUT2D eigenvalue weighted by atomic mass is 9.99. The number of nitrogen functional groups attached to an aromatic ring is 1. The van der Waals surface area contributed by atoms with Gasteiger partial charge in [0.15, 0.2) is 0 Å². The molecule has 3 nitrogen and oxygen atoms in total. The second-order valence-electron chi connectivity index (χ2n) is 4.35. The minimum absolute atomic E-state index is 0.276. The molecule has 0 aliphatic carbocycles. The predicted octanol–water partition coefficient (Wildman–Crippen LogP) is 2.57. The molecule has 0 fully saturated rings. The van der Waals surface area contributed by atoms with Crippen LogP contribution in [0.25, 0.3) is 11.1 Å². The van der Waals surface area contributed by atoms with Crippen LogP contribution in [0.5, 0.6) is 0 Å². The van der Waals surface area contributed by atoms with Crippen molar-refractivity contribution in [2.75, 3.05) is 0 Å². The van der Waals surface area contributed by atoms with Gasteiger partial charge >= 0.3 is 0 Å². The van der Waals surface area contributed by atoms with E-state index < -0.39 is 0 Å². The first-order valence-corrected chi connectivity index (χ1v) is 5.80. The molecular formula is C15H16N2O. The number of hydrogen-bond acceptors (Lipinski definition) is 2. The first-order valence-electron chi connectivity index (χ1n) is 5.80. The van der Waals surface area contributed by atoms with E-state index in [1.165, 1.54) is 11.1 Å². The molecule has 0 aliphatic heterocycles. The summed E-state index contributed by atoms with van der Waals surface area (Å²) in [6.45, 7) is 4.18. The lowest BCUT2D eigenvalue weighted by Crippen LogP contribution is -2.29. The molecule has 0 bridgehead atoms. The van der Waals surface area contributed by atoms with Crippen molar-refractivity contribution in [3.63, 3.8) is 0 Å². The van der Waals surface area contributed by atoms with E-state index in [1.54, 1.807) is 12.1 Å². The van der Waals surface area contributed by atoms with Crippen molar-refractivity contribution >= 4 is 5.91 Å². The lowest BCUT2D eigenvalue weighted by molar-refractivity contribution is 0.0953. The topological polar surface area (TPSA) is 55.1 Å². The summed E-state index contributed by atoms with van der Waals surface area (Å²) in [6.07, 6.45) is 0. The summed E-state index contributed by atoms with van der Waals surface area (Å²) >= 11 is 0. The molecule has 0 saturated carbocycles. The largest absolute Gasteiger partial charge is 0.290 e. The molecule has 0 saturated heterocycles. The Hall–Kier alpha value is -2.13. The van der Waals surface area contributed by atoms with Crippen LogP contribution < -0.4 is 11.3 Å². The molecule has 0 heterocycles. The van der Waals surface area contributed by atoms with Crippen LogP contribution in [0.1, 0.15) is 21.5 Å². The zero-order valence-corrected chi connectivity index (χ0v) is 10.5. The Morgan fingerprint density at radius 1 is 0.944 bits per heavy atom. The van der Waals surface area contributed by atoms with Gasteiger partial charge in [-0.2, -0.15) is 0 Å². The van der Waals surface area contributed by atoms with Gasteiger partial charge in [-0.3, -0.25) is 10.2 Å². The summed E-state index contributed by atoms with van der Waals surface area (Å²) in [6, 6.07) is 13.7. The SMILES string of the molecule is Cc1ccc(-c2ccc(C(=O)NN)cc2)cc1C. The van der Waals surface area contributed by atoms with Gasteiger partial charge in [-0.15, -0.1) is 0 Å². The Labute approximate surface area is 107 Å². The quantitative estimate of drug-likeness (QED) is 0.481. The van der Waals surface area contributed by atoms with Crippen LogP contribution >= 0.6 is 0 Å². The summed E-state index contributed by atoms with van der Waals surface area (Å²) in [5, 5.41) is 0. The van der Waals surface area contributed by atoms with Crippen LogP contribution in [0.15, 0.2) is 42.5 Å². The molecule has 0 radical (unpaired) electrons. The summed E-state index contributed by atoms with van der Waals surface area (Å²) in [4.78, 5) is 11.3. The highest BCUT2D eigenvalue weighted by molar-refractivity contribution is 5.94. The molecular weight excluding hydrogens is 224 g/mol. The maximum Gasteiger partial charge on any atom is 0.265 e. The molecule has 0 aliphatic rings. The number of rotatable bonds is 2. The summed E-state index contributed by atoms with van der Waals surface area (Å²) in [5.74, 6) is 4.81. The maximum atomic E-state index is 11.3. The fourth-order valence-corrected chi connectivity index (χ4v) is 1.82. The highest BCUT2D eigenvalue weighted by Gasteiger charge is 2.04. The third-order valence-corrected chi connectivity index (χ3v) is 3.12. The number of nitrogens with two attached hydrogens (primary N) is 1. The van der Waals surface area contributed by atoms with Crippen LogP contribution in [-0.2, 0) is 0 Å². The fraction of sp³-hybridized carbons (Fsp3) is 0.133. The number of nitrogens with one attached hydrogen (secondary N) is 1. The van der Waals surface area contributed by atoms with Gasteiger partial charge in [0.25, 0.3) is 5.91 Å². The maximum absolute atomic E-state index is 11.3. The molecule has 1 amide bonds. The number of carbonyl (C=O) groups is 1. The molecule has 0 spiro atoms. The van der Waals surface area contributed by atoms with E-state index in [4.69, 9.17) is 5.84 Å². The van der Waals surface area contributed by atoms with E-state index in [0.29, 0.717) is 5.56 Å². The van der Waals surface area contributed by atoms with Crippen molar-refractivity contribution in [2.45, 2.75) is 13.8 Å². The Morgan fingerprint density at radius 2 is 1.56 bits per heavy atom. The van der Waals surface area contributed by atoms with Gasteiger partial charge in [0.1, 0.15) is 0 Å². The van der Waals surface area contributed by atoms with E-state index in [0.717, 1.165) is 11.1 Å². The van der Waals surface area contributed by atoms with Gasteiger partial charge < -0.3 is 0 Å².